The number of nitrogens with two attached hydrogens (primary N) is 4. The van der Waals surface area contributed by atoms with Crippen LogP contribution in [0.25, 0.3) is 22.5 Å². The number of phenolic OH excluding ortho intramolecular Hbond substituents is 1. The molecule has 0 saturated carbocycles. The summed E-state index contributed by atoms with van der Waals surface area (Å²) in [6.45, 7) is 10.5. The van der Waals surface area contributed by atoms with Crippen LogP contribution in [-0.4, -0.2) is 124 Å². The lowest BCUT2D eigenvalue weighted by atomic mass is 9.88. The second-order valence-corrected chi connectivity index (χ2v) is 19.4. The van der Waals surface area contributed by atoms with Crippen LogP contribution >= 0.6 is 0 Å². The molecule has 0 saturated heterocycles. The van der Waals surface area contributed by atoms with E-state index >= 15 is 0 Å². The zero-order valence-corrected chi connectivity index (χ0v) is 41.7. The van der Waals surface area contributed by atoms with Crippen molar-refractivity contribution in [2.24, 2.45) is 34.5 Å². The van der Waals surface area contributed by atoms with Crippen molar-refractivity contribution in [3.05, 3.63) is 77.0 Å². The molecule has 0 aliphatic carbocycles. The summed E-state index contributed by atoms with van der Waals surface area (Å²) >= 11 is 0. The molecule has 0 spiro atoms. The number of amides is 2. The molecular formula is C52H70N8O11. The van der Waals surface area contributed by atoms with E-state index in [1.54, 1.807) is 49.4 Å². The van der Waals surface area contributed by atoms with Crippen molar-refractivity contribution in [1.29, 1.82) is 0 Å². The van der Waals surface area contributed by atoms with Gasteiger partial charge >= 0.3 is 0 Å². The first-order valence-corrected chi connectivity index (χ1v) is 23.8. The summed E-state index contributed by atoms with van der Waals surface area (Å²) in [6.07, 6.45) is -2.13. The van der Waals surface area contributed by atoms with E-state index in [1.165, 1.54) is 33.0 Å². The van der Waals surface area contributed by atoms with E-state index in [2.05, 4.69) is 36.1 Å². The SMILES string of the molecule is CC(=O)[C@@H]1Cc2ccc(OC[C@H](O)CN)c(c2)-c2cc(cc(OC[C@H](O)CN)c2O)[C@H](N(C)C(=O)[C@H](CCN)CC(=O)c2c(C)nc(-c3ccc(OCCC(C)(C)C)cc3)nc2N)C(=O)C[C@@H](C)C(=O)N1. The number of ketones is 3. The molecule has 12 N–H and O–H groups in total. The van der Waals surface area contributed by atoms with Gasteiger partial charge < -0.3 is 62.7 Å². The lowest BCUT2D eigenvalue weighted by Crippen LogP contribution is -2.45. The molecule has 5 rings (SSSR count). The Hall–Kier alpha value is -6.51. The molecule has 1 aliphatic rings. The zero-order valence-electron chi connectivity index (χ0n) is 41.7. The van der Waals surface area contributed by atoms with Crippen LogP contribution in [0.2, 0.25) is 0 Å². The van der Waals surface area contributed by atoms with Crippen molar-refractivity contribution in [2.45, 2.75) is 97.9 Å². The number of carbonyl (C=O) groups excluding carboxylic acids is 5. The van der Waals surface area contributed by atoms with E-state index in [0.29, 0.717) is 23.5 Å². The van der Waals surface area contributed by atoms with E-state index < -0.39 is 78.1 Å². The summed E-state index contributed by atoms with van der Waals surface area (Å²) in [5, 5.41) is 35.5. The highest BCUT2D eigenvalue weighted by molar-refractivity contribution is 6.03. The minimum Gasteiger partial charge on any atom is -0.504 e. The van der Waals surface area contributed by atoms with Gasteiger partial charge in [0.25, 0.3) is 0 Å². The average Bonchev–Trinajstić information content (AvgIpc) is 3.31. The molecule has 2 amide bonds. The minimum absolute atomic E-state index is 0.0114. The van der Waals surface area contributed by atoms with Crippen molar-refractivity contribution in [3.8, 4) is 45.5 Å². The molecule has 19 nitrogen and oxygen atoms in total. The van der Waals surface area contributed by atoms with Crippen LogP contribution in [0.3, 0.4) is 0 Å². The van der Waals surface area contributed by atoms with Gasteiger partial charge in [-0.1, -0.05) is 33.8 Å². The van der Waals surface area contributed by atoms with Crippen LogP contribution in [0, 0.1) is 24.2 Å². The maximum atomic E-state index is 14.9. The van der Waals surface area contributed by atoms with Crippen molar-refractivity contribution < 1.29 is 53.5 Å². The number of nitrogen functional groups attached to an aromatic ring is 1. The molecule has 1 aliphatic heterocycles. The van der Waals surface area contributed by atoms with Gasteiger partial charge in [-0.3, -0.25) is 24.0 Å². The lowest BCUT2D eigenvalue weighted by Gasteiger charge is -2.32. The fourth-order valence-corrected chi connectivity index (χ4v) is 8.13. The van der Waals surface area contributed by atoms with E-state index in [4.69, 9.17) is 37.1 Å². The normalized spacial score (nSPS) is 17.5. The van der Waals surface area contributed by atoms with Gasteiger partial charge in [0, 0.05) is 61.5 Å². The Labute approximate surface area is 414 Å². The molecule has 6 atom stereocenters. The molecule has 3 aromatic carbocycles. The number of phenols is 1. The van der Waals surface area contributed by atoms with Crippen LogP contribution < -0.4 is 42.5 Å². The number of benzene rings is 3. The number of Topliss-reactive ketones (excluding diaryl/α,β-unsaturated/α-hetero) is 3. The van der Waals surface area contributed by atoms with E-state index in [-0.39, 0.29) is 108 Å². The van der Waals surface area contributed by atoms with Gasteiger partial charge in [0.2, 0.25) is 11.8 Å². The summed E-state index contributed by atoms with van der Waals surface area (Å²) < 4.78 is 17.9. The number of likely N-dealkylation sites (N-methyl/N-ethyl adjacent to an activating group) is 1. The van der Waals surface area contributed by atoms with Crippen LogP contribution in [0.15, 0.2) is 54.6 Å². The second kappa shape index (κ2) is 24.6. The number of aromatic nitrogens is 2. The van der Waals surface area contributed by atoms with Gasteiger partial charge in [0.1, 0.15) is 48.8 Å². The first-order valence-electron chi connectivity index (χ1n) is 23.8. The first kappa shape index (κ1) is 55.4. The van der Waals surface area contributed by atoms with E-state index in [9.17, 15) is 39.3 Å². The molecule has 71 heavy (non-hydrogen) atoms. The molecule has 384 valence electrons. The number of aromatic hydroxyl groups is 1. The highest BCUT2D eigenvalue weighted by atomic mass is 16.5. The number of ether oxygens (including phenoxy) is 3. The highest BCUT2D eigenvalue weighted by Gasteiger charge is 2.37. The molecule has 0 unspecified atom stereocenters. The number of anilines is 1. The number of aliphatic hydroxyl groups excluding tert-OH is 2. The predicted octanol–water partition coefficient (Wildman–Crippen LogP) is 3.58. The third kappa shape index (κ3) is 14.5. The smallest absolute Gasteiger partial charge is 0.226 e. The van der Waals surface area contributed by atoms with Gasteiger partial charge in [-0.05, 0) is 105 Å². The Balaban J connectivity index is 1.57. The average molecular weight is 983 g/mol. The highest BCUT2D eigenvalue weighted by Crippen LogP contribution is 2.45. The minimum atomic E-state index is -1.49. The molecule has 19 heteroatoms. The summed E-state index contributed by atoms with van der Waals surface area (Å²) in [5.41, 5.74) is 25.9. The number of hydrogen-bond acceptors (Lipinski definition) is 17. The topological polar surface area (TPSA) is 319 Å². The van der Waals surface area contributed by atoms with E-state index in [1.807, 2.05) is 0 Å². The molecule has 4 aromatic rings. The maximum Gasteiger partial charge on any atom is 0.226 e. The van der Waals surface area contributed by atoms with Crippen molar-refractivity contribution >= 4 is 35.0 Å². The van der Waals surface area contributed by atoms with Gasteiger partial charge in [0.05, 0.1) is 23.9 Å². The number of aliphatic hydroxyl groups is 2. The fraction of sp³-hybridized carbons (Fsp3) is 0.481. The summed E-state index contributed by atoms with van der Waals surface area (Å²) in [4.78, 5) is 80.9. The molecule has 0 fully saturated rings. The monoisotopic (exact) mass is 983 g/mol. The van der Waals surface area contributed by atoms with Crippen LogP contribution in [-0.2, 0) is 25.6 Å². The van der Waals surface area contributed by atoms with Crippen molar-refractivity contribution in [2.75, 3.05) is 52.2 Å². The number of fused-ring (bicyclic) bond motifs is 5. The van der Waals surface area contributed by atoms with E-state index in [0.717, 1.165) is 11.3 Å². The summed E-state index contributed by atoms with van der Waals surface area (Å²) in [5.74, 6) is -4.48. The molecule has 0 radical (unpaired) electrons. The van der Waals surface area contributed by atoms with Gasteiger partial charge in [-0.15, -0.1) is 0 Å². The first-order chi connectivity index (χ1) is 33.5. The second-order valence-electron chi connectivity index (χ2n) is 19.4. The number of rotatable bonds is 20. The number of nitrogens with zero attached hydrogens (tertiary/aromatic N) is 3. The number of carbonyl (C=O) groups is 5. The third-order valence-corrected chi connectivity index (χ3v) is 12.3. The summed E-state index contributed by atoms with van der Waals surface area (Å²) in [7, 11) is 1.38. The van der Waals surface area contributed by atoms with Crippen molar-refractivity contribution in [3.63, 3.8) is 0 Å². The largest absolute Gasteiger partial charge is 0.504 e. The van der Waals surface area contributed by atoms with Gasteiger partial charge in [0.15, 0.2) is 34.7 Å². The Kier molecular flexibility index (Phi) is 19.2. The lowest BCUT2D eigenvalue weighted by molar-refractivity contribution is -0.142. The van der Waals surface area contributed by atoms with Crippen LogP contribution in [0.1, 0.15) is 93.5 Å². The Morgan fingerprint density at radius 3 is 2.13 bits per heavy atom. The van der Waals surface area contributed by atoms with Crippen LogP contribution in [0.5, 0.6) is 23.0 Å². The fourth-order valence-electron chi connectivity index (χ4n) is 8.13. The number of hydrogen-bond donors (Lipinski definition) is 8. The standard InChI is InChI=1S/C52H70N8O11/c1-28-18-42(65)46(60(7)51(68)33(14-16-53)22-41(64)45-29(2)57-49(59-48(45)56)32-9-11-37(12-10-32)69-17-15-52(4,5)6)34-21-39(47(66)44(23-34)71-27-36(63)25-55)38-19-31(20-40(30(3)61)58-50(28)67)8-13-43(38)70-26-35(62)24-54/h8-13,19,21,23,28,33,35-36,40,46,62-63,66H,14-18,20,22,24-27,53-55H2,1-7H3,(H,58,67)(H2,56,57,59)/t28-,33-,35-,36-,40+,46+/m1/s1. The van der Waals surface area contributed by atoms with Crippen molar-refractivity contribution in [1.82, 2.24) is 20.2 Å². The van der Waals surface area contributed by atoms with Gasteiger partial charge in [-0.2, -0.15) is 0 Å². The molecular weight excluding hydrogens is 913 g/mol. The third-order valence-electron chi connectivity index (χ3n) is 12.3. The Morgan fingerprint density at radius 2 is 1.54 bits per heavy atom. The number of nitrogens with one attached hydrogen (secondary N) is 1. The molecule has 2 heterocycles. The molecule has 1 aromatic heterocycles. The Morgan fingerprint density at radius 1 is 0.887 bits per heavy atom. The zero-order chi connectivity index (χ0) is 52.3. The predicted molar refractivity (Wildman–Crippen MR) is 268 cm³/mol. The molecule has 4 bridgehead atoms. The Bertz CT molecular complexity index is 2530. The number of aryl methyl sites for hydroxylation is 1. The summed E-state index contributed by atoms with van der Waals surface area (Å²) in [6, 6.07) is 12.4. The van der Waals surface area contributed by atoms with Gasteiger partial charge in [-0.25, -0.2) is 9.97 Å². The van der Waals surface area contributed by atoms with Crippen LogP contribution in [0.4, 0.5) is 5.82 Å². The maximum absolute atomic E-state index is 14.9. The quantitative estimate of drug-likeness (QED) is 0.0587.